The van der Waals surface area contributed by atoms with Crippen LogP contribution in [0.5, 0.6) is 0 Å². The van der Waals surface area contributed by atoms with E-state index in [-0.39, 0.29) is 16.9 Å². The van der Waals surface area contributed by atoms with Gasteiger partial charge in [0.05, 0.1) is 12.7 Å². The van der Waals surface area contributed by atoms with Gasteiger partial charge in [0.1, 0.15) is 0 Å². The summed E-state index contributed by atoms with van der Waals surface area (Å²) in [4.78, 5) is 14.9. The van der Waals surface area contributed by atoms with E-state index in [0.717, 1.165) is 6.20 Å². The summed E-state index contributed by atoms with van der Waals surface area (Å²) in [6, 6.07) is 1.36. The van der Waals surface area contributed by atoms with Crippen LogP contribution in [0.25, 0.3) is 5.83 Å². The van der Waals surface area contributed by atoms with E-state index >= 15 is 0 Å². The average molecular weight is 263 g/mol. The van der Waals surface area contributed by atoms with Crippen molar-refractivity contribution in [3.63, 3.8) is 0 Å². The lowest BCUT2D eigenvalue weighted by molar-refractivity contribution is 0.0696. The van der Waals surface area contributed by atoms with Crippen molar-refractivity contribution >= 4 is 11.8 Å². The van der Waals surface area contributed by atoms with Crippen LogP contribution in [0.2, 0.25) is 0 Å². The van der Waals surface area contributed by atoms with Gasteiger partial charge < -0.3 is 9.84 Å². The van der Waals surface area contributed by atoms with Gasteiger partial charge in [0.25, 0.3) is 0 Å². The van der Waals surface area contributed by atoms with Crippen LogP contribution >= 0.6 is 0 Å². The third-order valence-corrected chi connectivity index (χ3v) is 2.33. The van der Waals surface area contributed by atoms with Gasteiger partial charge in [-0.3, -0.25) is 4.98 Å². The van der Waals surface area contributed by atoms with Crippen LogP contribution in [-0.4, -0.2) is 23.2 Å². The lowest BCUT2D eigenvalue weighted by Crippen LogP contribution is -2.04. The normalized spacial score (nSPS) is 12.2. The molecule has 0 spiro atoms. The third kappa shape index (κ3) is 3.51. The maximum atomic E-state index is 14.3. The molecule has 19 heavy (non-hydrogen) atoms. The number of aryl methyl sites for hydroxylation is 1. The Morgan fingerprint density at radius 3 is 2.74 bits per heavy atom. The first kappa shape index (κ1) is 14.6. The first-order chi connectivity index (χ1) is 9.01. The number of carboxylic acid groups (broad SMARTS) is 1. The van der Waals surface area contributed by atoms with Gasteiger partial charge in [0, 0.05) is 17.5 Å². The largest absolute Gasteiger partial charge is 0.494 e. The number of carbonyl (C=O) groups is 1. The molecule has 0 unspecified atom stereocenters. The Hall–Kier alpha value is -2.43. The predicted molar refractivity (Wildman–Crippen MR) is 70.3 cm³/mol. The second kappa shape index (κ2) is 6.49. The van der Waals surface area contributed by atoms with Crippen molar-refractivity contribution in [2.24, 2.45) is 0 Å². The lowest BCUT2D eigenvalue weighted by atomic mass is 10.1. The quantitative estimate of drug-likeness (QED) is 0.655. The van der Waals surface area contributed by atoms with Crippen LogP contribution in [0.4, 0.5) is 4.39 Å². The number of pyridine rings is 1. The average Bonchev–Trinajstić information content (AvgIpc) is 2.38. The summed E-state index contributed by atoms with van der Waals surface area (Å²) in [5, 5.41) is 9.03. The molecule has 1 aromatic rings. The van der Waals surface area contributed by atoms with Crippen LogP contribution in [0.1, 0.15) is 21.6 Å². The molecule has 1 N–H and O–H groups in total. The fourth-order valence-corrected chi connectivity index (χ4v) is 1.43. The highest BCUT2D eigenvalue weighted by Gasteiger charge is 2.17. The number of hydrogen-bond donors (Lipinski definition) is 1. The number of methoxy groups -OCH3 is 1. The molecule has 0 radical (unpaired) electrons. The third-order valence-electron chi connectivity index (χ3n) is 2.33. The number of rotatable bonds is 5. The van der Waals surface area contributed by atoms with Gasteiger partial charge in [0.2, 0.25) is 0 Å². The van der Waals surface area contributed by atoms with Crippen molar-refractivity contribution in [1.82, 2.24) is 4.98 Å². The molecular weight excluding hydrogens is 249 g/mol. The van der Waals surface area contributed by atoms with Gasteiger partial charge in [-0.15, -0.1) is 0 Å². The van der Waals surface area contributed by atoms with Crippen LogP contribution in [0.15, 0.2) is 42.8 Å². The van der Waals surface area contributed by atoms with E-state index in [1.807, 2.05) is 0 Å². The molecule has 0 fully saturated rings. The molecule has 0 aromatic carbocycles. The van der Waals surface area contributed by atoms with E-state index < -0.39 is 11.8 Å². The van der Waals surface area contributed by atoms with Crippen molar-refractivity contribution in [1.29, 1.82) is 0 Å². The standard InChI is InChI=1S/C14H14FNO3/c1-4-5-6-12(19-3)13(15)10-7-9(2)16-8-11(10)14(17)18/h4-8H,1H2,2-3H3,(H,17,18)/b6-5-,13-12+. The van der Waals surface area contributed by atoms with Crippen molar-refractivity contribution in [2.75, 3.05) is 7.11 Å². The maximum absolute atomic E-state index is 14.3. The molecule has 0 saturated heterocycles. The maximum Gasteiger partial charge on any atom is 0.337 e. The molecule has 0 saturated carbocycles. The molecule has 0 atom stereocenters. The van der Waals surface area contributed by atoms with Gasteiger partial charge in [-0.25, -0.2) is 9.18 Å². The fourth-order valence-electron chi connectivity index (χ4n) is 1.43. The molecule has 0 bridgehead atoms. The Labute approximate surface area is 110 Å². The lowest BCUT2D eigenvalue weighted by Gasteiger charge is -2.08. The Balaban J connectivity index is 3.45. The number of aromatic nitrogens is 1. The van der Waals surface area contributed by atoms with Gasteiger partial charge in [0.15, 0.2) is 11.6 Å². The summed E-state index contributed by atoms with van der Waals surface area (Å²) in [6.45, 7) is 5.11. The molecule has 1 aromatic heterocycles. The van der Waals surface area contributed by atoms with E-state index in [1.54, 1.807) is 6.92 Å². The van der Waals surface area contributed by atoms with Crippen molar-refractivity contribution in [2.45, 2.75) is 6.92 Å². The minimum atomic E-state index is -1.25. The monoisotopic (exact) mass is 263 g/mol. The number of hydrogen-bond acceptors (Lipinski definition) is 3. The second-order valence-corrected chi connectivity index (χ2v) is 3.65. The minimum absolute atomic E-state index is 0.0643. The molecule has 1 rings (SSSR count). The summed E-state index contributed by atoms with van der Waals surface area (Å²) in [5.74, 6) is -2.09. The zero-order valence-corrected chi connectivity index (χ0v) is 10.7. The molecule has 4 nitrogen and oxygen atoms in total. The fraction of sp³-hybridized carbons (Fsp3) is 0.143. The van der Waals surface area contributed by atoms with Gasteiger partial charge in [-0.1, -0.05) is 18.7 Å². The molecule has 5 heteroatoms. The Kier molecular flexibility index (Phi) is 5.00. The number of nitrogens with zero attached hydrogens (tertiary/aromatic N) is 1. The number of aromatic carboxylic acids is 1. The van der Waals surface area contributed by atoms with Crippen LogP contribution < -0.4 is 0 Å². The highest BCUT2D eigenvalue weighted by molar-refractivity contribution is 5.93. The van der Waals surface area contributed by atoms with Crippen LogP contribution in [-0.2, 0) is 4.74 Å². The Morgan fingerprint density at radius 2 is 2.21 bits per heavy atom. The zero-order chi connectivity index (χ0) is 14.4. The summed E-state index contributed by atoms with van der Waals surface area (Å²) in [5.41, 5.74) is 0.230. The van der Waals surface area contributed by atoms with E-state index in [9.17, 15) is 9.18 Å². The summed E-state index contributed by atoms with van der Waals surface area (Å²) in [7, 11) is 1.30. The van der Waals surface area contributed by atoms with E-state index in [1.165, 1.54) is 31.4 Å². The smallest absolute Gasteiger partial charge is 0.337 e. The number of allylic oxidation sites excluding steroid dienone is 3. The number of carboxylic acids is 1. The SMILES string of the molecule is C=C/C=C\C(OC)=C(/F)c1cc(C)ncc1C(=O)O. The van der Waals surface area contributed by atoms with Crippen molar-refractivity contribution in [3.8, 4) is 0 Å². The van der Waals surface area contributed by atoms with Crippen LogP contribution in [0.3, 0.4) is 0 Å². The first-order valence-corrected chi connectivity index (χ1v) is 5.44. The predicted octanol–water partition coefficient (Wildman–Crippen LogP) is 3.11. The molecular formula is C14H14FNO3. The van der Waals surface area contributed by atoms with Crippen LogP contribution in [0, 0.1) is 6.92 Å². The molecule has 0 aliphatic heterocycles. The summed E-state index contributed by atoms with van der Waals surface area (Å²) in [6.07, 6.45) is 5.44. The topological polar surface area (TPSA) is 59.4 Å². The number of ether oxygens (including phenoxy) is 1. The van der Waals surface area contributed by atoms with Gasteiger partial charge in [-0.05, 0) is 19.1 Å². The first-order valence-electron chi connectivity index (χ1n) is 5.44. The Morgan fingerprint density at radius 1 is 1.53 bits per heavy atom. The number of halogens is 1. The molecule has 0 aliphatic rings. The summed E-state index contributed by atoms with van der Waals surface area (Å²) < 4.78 is 19.2. The minimum Gasteiger partial charge on any atom is -0.494 e. The molecule has 100 valence electrons. The van der Waals surface area contributed by atoms with Crippen molar-refractivity contribution < 1.29 is 19.0 Å². The molecule has 0 aliphatic carbocycles. The van der Waals surface area contributed by atoms with E-state index in [4.69, 9.17) is 9.84 Å². The highest BCUT2D eigenvalue weighted by atomic mass is 19.1. The van der Waals surface area contributed by atoms with Gasteiger partial charge >= 0.3 is 5.97 Å². The molecule has 1 heterocycles. The zero-order valence-electron chi connectivity index (χ0n) is 10.7. The van der Waals surface area contributed by atoms with Crippen molar-refractivity contribution in [3.05, 3.63) is 59.7 Å². The Bertz CT molecular complexity index is 562. The van der Waals surface area contributed by atoms with E-state index in [2.05, 4.69) is 11.6 Å². The van der Waals surface area contributed by atoms with E-state index in [0.29, 0.717) is 5.69 Å². The van der Waals surface area contributed by atoms with Gasteiger partial charge in [-0.2, -0.15) is 0 Å². The second-order valence-electron chi connectivity index (χ2n) is 3.65. The summed E-state index contributed by atoms with van der Waals surface area (Å²) >= 11 is 0. The molecule has 0 amide bonds. The highest BCUT2D eigenvalue weighted by Crippen LogP contribution is 2.25.